The molecule has 0 aliphatic carbocycles. The van der Waals surface area contributed by atoms with Crippen molar-refractivity contribution in [3.63, 3.8) is 0 Å². The van der Waals surface area contributed by atoms with Gasteiger partial charge in [0.15, 0.2) is 5.58 Å². The number of fused-ring (bicyclic) bond motifs is 1. The lowest BCUT2D eigenvalue weighted by atomic mass is 10.1. The van der Waals surface area contributed by atoms with Crippen LogP contribution in [0.1, 0.15) is 0 Å². The van der Waals surface area contributed by atoms with E-state index < -0.39 is 0 Å². The predicted octanol–water partition coefficient (Wildman–Crippen LogP) is 4.71. The Labute approximate surface area is 160 Å². The van der Waals surface area contributed by atoms with Crippen molar-refractivity contribution in [3.8, 4) is 28.4 Å². The summed E-state index contributed by atoms with van der Waals surface area (Å²) in [5, 5.41) is 0. The fourth-order valence-corrected chi connectivity index (χ4v) is 3.18. The Morgan fingerprint density at radius 3 is 2.43 bits per heavy atom. The summed E-state index contributed by atoms with van der Waals surface area (Å²) in [6.45, 7) is 0. The van der Waals surface area contributed by atoms with Gasteiger partial charge in [0.1, 0.15) is 11.1 Å². The highest BCUT2D eigenvalue weighted by molar-refractivity contribution is 5.77. The number of para-hydroxylation sites is 3. The van der Waals surface area contributed by atoms with E-state index in [1.165, 1.54) is 0 Å². The van der Waals surface area contributed by atoms with Crippen LogP contribution < -0.4 is 5.56 Å². The highest BCUT2D eigenvalue weighted by Crippen LogP contribution is 2.26. The van der Waals surface area contributed by atoms with E-state index in [1.807, 2.05) is 72.8 Å². The van der Waals surface area contributed by atoms with E-state index in [4.69, 9.17) is 4.42 Å². The molecule has 5 nitrogen and oxygen atoms in total. The van der Waals surface area contributed by atoms with Gasteiger partial charge in [-0.05, 0) is 42.5 Å². The third-order valence-electron chi connectivity index (χ3n) is 4.54. The molecular weight excluding hydrogens is 350 g/mol. The Hall–Kier alpha value is -3.99. The van der Waals surface area contributed by atoms with Crippen LogP contribution in [0.3, 0.4) is 0 Å². The maximum Gasteiger partial charge on any atom is 0.267 e. The molecule has 134 valence electrons. The van der Waals surface area contributed by atoms with Crippen LogP contribution in [0.4, 0.5) is 0 Å². The average Bonchev–Trinajstić information content (AvgIpc) is 3.19. The fourth-order valence-electron chi connectivity index (χ4n) is 3.18. The normalized spacial score (nSPS) is 11.0. The third-order valence-corrected chi connectivity index (χ3v) is 4.54. The number of nitrogens with zero attached hydrogens (tertiary/aromatic N) is 3. The van der Waals surface area contributed by atoms with Gasteiger partial charge in [0.25, 0.3) is 5.56 Å². The summed E-state index contributed by atoms with van der Waals surface area (Å²) in [4.78, 5) is 22.2. The van der Waals surface area contributed by atoms with Gasteiger partial charge in [0.2, 0.25) is 5.89 Å². The van der Waals surface area contributed by atoms with E-state index in [1.54, 1.807) is 23.0 Å². The smallest absolute Gasteiger partial charge is 0.267 e. The van der Waals surface area contributed by atoms with Crippen LogP contribution in [0.25, 0.3) is 39.5 Å². The molecule has 0 saturated heterocycles. The monoisotopic (exact) mass is 365 g/mol. The van der Waals surface area contributed by atoms with Gasteiger partial charge in [-0.3, -0.25) is 14.3 Å². The van der Waals surface area contributed by atoms with E-state index in [2.05, 4.69) is 9.97 Å². The highest BCUT2D eigenvalue weighted by Gasteiger charge is 2.17. The molecule has 0 bridgehead atoms. The van der Waals surface area contributed by atoms with Gasteiger partial charge in [-0.25, -0.2) is 4.98 Å². The minimum atomic E-state index is -0.197. The zero-order valence-corrected chi connectivity index (χ0v) is 14.8. The van der Waals surface area contributed by atoms with Crippen molar-refractivity contribution in [2.24, 2.45) is 0 Å². The number of benzene rings is 2. The summed E-state index contributed by atoms with van der Waals surface area (Å²) in [5.74, 6) is 0.300. The van der Waals surface area contributed by atoms with Gasteiger partial charge < -0.3 is 4.42 Å². The molecule has 0 radical (unpaired) electrons. The van der Waals surface area contributed by atoms with Gasteiger partial charge in [0, 0.05) is 23.6 Å². The summed E-state index contributed by atoms with van der Waals surface area (Å²) < 4.78 is 7.48. The number of hydrogen-bond donors (Lipinski definition) is 0. The van der Waals surface area contributed by atoms with Gasteiger partial charge in [0.05, 0.1) is 5.69 Å². The highest BCUT2D eigenvalue weighted by atomic mass is 16.3. The second-order valence-electron chi connectivity index (χ2n) is 6.35. The molecule has 0 aliphatic heterocycles. The summed E-state index contributed by atoms with van der Waals surface area (Å²) in [6, 6.07) is 24.4. The molecule has 2 aromatic carbocycles. The largest absolute Gasteiger partial charge is 0.436 e. The number of rotatable bonds is 3. The summed E-state index contributed by atoms with van der Waals surface area (Å²) >= 11 is 0. The molecule has 3 aromatic heterocycles. The maximum atomic E-state index is 13.3. The quantitative estimate of drug-likeness (QED) is 0.465. The lowest BCUT2D eigenvalue weighted by Gasteiger charge is -2.10. The van der Waals surface area contributed by atoms with Gasteiger partial charge >= 0.3 is 0 Å². The molecule has 0 saturated carbocycles. The molecule has 5 heteroatoms. The Bertz CT molecular complexity index is 1290. The molecule has 0 atom stereocenters. The molecule has 5 aromatic rings. The van der Waals surface area contributed by atoms with E-state index in [-0.39, 0.29) is 5.56 Å². The Kier molecular flexibility index (Phi) is 3.84. The SMILES string of the molecule is O=c1c(-c2nc3ccccc3o2)cc(-c2ccccn2)cn1-c1ccccc1. The summed E-state index contributed by atoms with van der Waals surface area (Å²) in [7, 11) is 0. The third kappa shape index (κ3) is 2.79. The minimum Gasteiger partial charge on any atom is -0.436 e. The Balaban J connectivity index is 1.79. The van der Waals surface area contributed by atoms with E-state index in [9.17, 15) is 4.79 Å². The van der Waals surface area contributed by atoms with Crippen LogP contribution in [0.15, 0.2) is 100 Å². The van der Waals surface area contributed by atoms with E-state index in [0.717, 1.165) is 16.9 Å². The van der Waals surface area contributed by atoms with E-state index in [0.29, 0.717) is 22.6 Å². The maximum absolute atomic E-state index is 13.3. The lowest BCUT2D eigenvalue weighted by Crippen LogP contribution is -2.20. The van der Waals surface area contributed by atoms with Crippen LogP contribution in [-0.4, -0.2) is 14.5 Å². The van der Waals surface area contributed by atoms with Gasteiger partial charge in [-0.1, -0.05) is 36.4 Å². The van der Waals surface area contributed by atoms with Crippen molar-refractivity contribution in [1.29, 1.82) is 0 Å². The minimum absolute atomic E-state index is 0.197. The van der Waals surface area contributed by atoms with Crippen molar-refractivity contribution >= 4 is 11.1 Å². The molecular formula is C23H15N3O2. The number of oxazole rings is 1. The molecule has 0 fully saturated rings. The van der Waals surface area contributed by atoms with Crippen LogP contribution in [0.2, 0.25) is 0 Å². The molecule has 0 spiro atoms. The van der Waals surface area contributed by atoms with Crippen LogP contribution in [0, 0.1) is 0 Å². The topological polar surface area (TPSA) is 60.9 Å². The number of hydrogen-bond acceptors (Lipinski definition) is 4. The van der Waals surface area contributed by atoms with Crippen LogP contribution in [0.5, 0.6) is 0 Å². The van der Waals surface area contributed by atoms with E-state index >= 15 is 0 Å². The molecule has 5 rings (SSSR count). The molecule has 0 N–H and O–H groups in total. The molecule has 0 aliphatic rings. The lowest BCUT2D eigenvalue weighted by molar-refractivity contribution is 0.618. The second kappa shape index (κ2) is 6.63. The van der Waals surface area contributed by atoms with Gasteiger partial charge in [-0.15, -0.1) is 0 Å². The molecule has 3 heterocycles. The van der Waals surface area contributed by atoms with Crippen molar-refractivity contribution in [2.45, 2.75) is 0 Å². The fraction of sp³-hybridized carbons (Fsp3) is 0. The molecule has 0 unspecified atom stereocenters. The first-order valence-corrected chi connectivity index (χ1v) is 8.89. The van der Waals surface area contributed by atoms with Crippen LogP contribution in [-0.2, 0) is 0 Å². The van der Waals surface area contributed by atoms with Gasteiger partial charge in [-0.2, -0.15) is 0 Å². The molecule has 28 heavy (non-hydrogen) atoms. The average molecular weight is 365 g/mol. The second-order valence-corrected chi connectivity index (χ2v) is 6.35. The predicted molar refractivity (Wildman–Crippen MR) is 108 cm³/mol. The Morgan fingerprint density at radius 2 is 1.64 bits per heavy atom. The van der Waals surface area contributed by atoms with Crippen LogP contribution >= 0.6 is 0 Å². The Morgan fingerprint density at radius 1 is 0.857 bits per heavy atom. The first-order chi connectivity index (χ1) is 13.8. The zero-order chi connectivity index (χ0) is 18.9. The number of aromatic nitrogens is 3. The zero-order valence-electron chi connectivity index (χ0n) is 14.8. The standard InChI is InChI=1S/C23H15N3O2/c27-23-18(22-25-20-11-4-5-12-21(20)28-22)14-16(19-10-6-7-13-24-19)15-26(23)17-8-2-1-3-9-17/h1-15H. The summed E-state index contributed by atoms with van der Waals surface area (Å²) in [6.07, 6.45) is 3.53. The molecule has 0 amide bonds. The first kappa shape index (κ1) is 16.2. The van der Waals surface area contributed by atoms with Crippen molar-refractivity contribution in [3.05, 3.63) is 102 Å². The summed E-state index contributed by atoms with van der Waals surface area (Å²) in [5.41, 5.74) is 3.90. The first-order valence-electron chi connectivity index (χ1n) is 8.89. The van der Waals surface area contributed by atoms with Crippen molar-refractivity contribution in [2.75, 3.05) is 0 Å². The number of pyridine rings is 2. The van der Waals surface area contributed by atoms with Crippen molar-refractivity contribution in [1.82, 2.24) is 14.5 Å². The van der Waals surface area contributed by atoms with Crippen molar-refractivity contribution < 1.29 is 4.42 Å².